The molecule has 0 spiro atoms. The van der Waals surface area contributed by atoms with E-state index < -0.39 is 9.84 Å². The second-order valence-electron chi connectivity index (χ2n) is 6.80. The highest BCUT2D eigenvalue weighted by Crippen LogP contribution is 2.23. The number of sulfone groups is 1. The molecular weight excluding hydrogens is 415 g/mol. The molecule has 0 aliphatic carbocycles. The Morgan fingerprint density at radius 1 is 1.03 bits per heavy atom. The second-order valence-corrected chi connectivity index (χ2v) is 9.41. The van der Waals surface area contributed by atoms with E-state index in [1.54, 1.807) is 29.2 Å². The minimum absolute atomic E-state index is 0.0766. The summed E-state index contributed by atoms with van der Waals surface area (Å²) in [4.78, 5) is 16.4. The fourth-order valence-electron chi connectivity index (χ4n) is 3.39. The van der Waals surface area contributed by atoms with Crippen molar-refractivity contribution in [1.29, 1.82) is 0 Å². The molecule has 3 aromatic rings. The first-order valence-corrected chi connectivity index (χ1v) is 11.5. The van der Waals surface area contributed by atoms with Crippen molar-refractivity contribution in [3.63, 3.8) is 0 Å². The molecule has 2 aromatic carbocycles. The van der Waals surface area contributed by atoms with Crippen LogP contribution in [0.1, 0.15) is 6.42 Å². The molecule has 1 aliphatic heterocycles. The van der Waals surface area contributed by atoms with E-state index in [0.29, 0.717) is 37.2 Å². The summed E-state index contributed by atoms with van der Waals surface area (Å²) < 4.78 is 46.6. The third-order valence-electron chi connectivity index (χ3n) is 4.99. The average molecular weight is 435 g/mol. The Labute approximate surface area is 172 Å². The molecule has 7 nitrogen and oxygen atoms in total. The predicted octanol–water partition coefficient (Wildman–Crippen LogP) is 2.34. The minimum Gasteiger partial charge on any atom is -0.368 e. The lowest BCUT2D eigenvalue weighted by Gasteiger charge is -2.36. The lowest BCUT2D eigenvalue weighted by molar-refractivity contribution is -0.131. The molecular formula is C19H19FN4O3S2. The van der Waals surface area contributed by atoms with Gasteiger partial charge in [0, 0.05) is 38.3 Å². The SMILES string of the molecule is O=C(CCS(=O)(=O)c1cccc2nsnc12)N1CCN(c2ccc(F)cc2)CC1. The summed E-state index contributed by atoms with van der Waals surface area (Å²) in [6.07, 6.45) is -0.0766. The van der Waals surface area contributed by atoms with E-state index in [4.69, 9.17) is 0 Å². The molecule has 1 saturated heterocycles. The highest BCUT2D eigenvalue weighted by Gasteiger charge is 2.25. The number of hydrogen-bond acceptors (Lipinski definition) is 7. The summed E-state index contributed by atoms with van der Waals surface area (Å²) in [6, 6.07) is 11.1. The molecule has 10 heteroatoms. The molecule has 0 N–H and O–H groups in total. The molecule has 0 atom stereocenters. The van der Waals surface area contributed by atoms with E-state index in [-0.39, 0.29) is 28.8 Å². The highest BCUT2D eigenvalue weighted by molar-refractivity contribution is 7.91. The topological polar surface area (TPSA) is 83.5 Å². The van der Waals surface area contributed by atoms with Gasteiger partial charge in [-0.05, 0) is 36.4 Å². The van der Waals surface area contributed by atoms with Crippen molar-refractivity contribution in [2.45, 2.75) is 11.3 Å². The van der Waals surface area contributed by atoms with Gasteiger partial charge in [-0.2, -0.15) is 8.75 Å². The first-order valence-electron chi connectivity index (χ1n) is 9.16. The van der Waals surface area contributed by atoms with Gasteiger partial charge in [-0.1, -0.05) is 6.07 Å². The summed E-state index contributed by atoms with van der Waals surface area (Å²) in [5, 5.41) is 0. The van der Waals surface area contributed by atoms with Crippen LogP contribution in [-0.4, -0.2) is 59.9 Å². The van der Waals surface area contributed by atoms with Crippen LogP contribution in [0.25, 0.3) is 11.0 Å². The number of rotatable bonds is 5. The highest BCUT2D eigenvalue weighted by atomic mass is 32.2. The number of piperazine rings is 1. The van der Waals surface area contributed by atoms with E-state index in [9.17, 15) is 17.6 Å². The Kier molecular flexibility index (Phi) is 5.46. The molecule has 0 saturated carbocycles. The van der Waals surface area contributed by atoms with Crippen molar-refractivity contribution in [2.24, 2.45) is 0 Å². The molecule has 152 valence electrons. The standard InChI is InChI=1S/C19H19FN4O3S2/c20-14-4-6-15(7-5-14)23-9-11-24(12-10-23)18(25)8-13-29(26,27)17-3-1-2-16-19(17)22-28-21-16/h1-7H,8-13H2. The summed E-state index contributed by atoms with van der Waals surface area (Å²) >= 11 is 0.964. The fourth-order valence-corrected chi connectivity index (χ4v) is 5.39. The smallest absolute Gasteiger partial charge is 0.223 e. The summed E-state index contributed by atoms with van der Waals surface area (Å²) in [7, 11) is -3.64. The van der Waals surface area contributed by atoms with Gasteiger partial charge in [0.1, 0.15) is 16.9 Å². The Morgan fingerprint density at radius 3 is 2.48 bits per heavy atom. The lowest BCUT2D eigenvalue weighted by Crippen LogP contribution is -2.49. The van der Waals surface area contributed by atoms with Crippen LogP contribution in [0.2, 0.25) is 0 Å². The van der Waals surface area contributed by atoms with Crippen molar-refractivity contribution in [3.8, 4) is 0 Å². The van der Waals surface area contributed by atoms with Crippen molar-refractivity contribution in [1.82, 2.24) is 13.6 Å². The number of halogens is 1. The number of aromatic nitrogens is 2. The molecule has 29 heavy (non-hydrogen) atoms. The van der Waals surface area contributed by atoms with Crippen LogP contribution >= 0.6 is 11.7 Å². The minimum atomic E-state index is -3.64. The lowest BCUT2D eigenvalue weighted by atomic mass is 10.2. The van der Waals surface area contributed by atoms with Crippen LogP contribution in [-0.2, 0) is 14.6 Å². The number of hydrogen-bond donors (Lipinski definition) is 0. The van der Waals surface area contributed by atoms with Gasteiger partial charge in [0.05, 0.1) is 22.4 Å². The first kappa shape index (κ1) is 19.7. The van der Waals surface area contributed by atoms with Crippen LogP contribution in [0, 0.1) is 5.82 Å². The molecule has 1 fully saturated rings. The van der Waals surface area contributed by atoms with Crippen molar-refractivity contribution < 1.29 is 17.6 Å². The van der Waals surface area contributed by atoms with Gasteiger partial charge in [-0.15, -0.1) is 0 Å². The molecule has 0 unspecified atom stereocenters. The molecule has 4 rings (SSSR count). The Balaban J connectivity index is 1.35. The fraction of sp³-hybridized carbons (Fsp3) is 0.316. The van der Waals surface area contributed by atoms with Crippen molar-refractivity contribution in [2.75, 3.05) is 36.8 Å². The van der Waals surface area contributed by atoms with Crippen LogP contribution in [0.15, 0.2) is 47.4 Å². The zero-order valence-electron chi connectivity index (χ0n) is 15.5. The maximum atomic E-state index is 13.1. The van der Waals surface area contributed by atoms with Gasteiger partial charge >= 0.3 is 0 Å². The quantitative estimate of drug-likeness (QED) is 0.613. The Morgan fingerprint density at radius 2 is 1.76 bits per heavy atom. The second kappa shape index (κ2) is 8.03. The summed E-state index contributed by atoms with van der Waals surface area (Å²) in [5.74, 6) is -0.732. The van der Waals surface area contributed by atoms with Crippen LogP contribution in [0.4, 0.5) is 10.1 Å². The van der Waals surface area contributed by atoms with Crippen LogP contribution in [0.5, 0.6) is 0 Å². The van der Waals surface area contributed by atoms with E-state index >= 15 is 0 Å². The average Bonchev–Trinajstić information content (AvgIpc) is 3.21. The van der Waals surface area contributed by atoms with Crippen molar-refractivity contribution >= 4 is 44.2 Å². The largest absolute Gasteiger partial charge is 0.368 e. The van der Waals surface area contributed by atoms with Gasteiger partial charge in [0.15, 0.2) is 9.84 Å². The zero-order chi connectivity index (χ0) is 20.4. The van der Waals surface area contributed by atoms with Crippen molar-refractivity contribution in [3.05, 3.63) is 48.3 Å². The maximum Gasteiger partial charge on any atom is 0.223 e. The normalized spacial score (nSPS) is 15.1. The number of amides is 1. The van der Waals surface area contributed by atoms with E-state index in [2.05, 4.69) is 13.6 Å². The number of fused-ring (bicyclic) bond motifs is 1. The third-order valence-corrected chi connectivity index (χ3v) is 7.28. The summed E-state index contributed by atoms with van der Waals surface area (Å²) in [6.45, 7) is 2.24. The number of anilines is 1. The molecule has 0 bridgehead atoms. The number of nitrogens with zero attached hydrogens (tertiary/aromatic N) is 4. The van der Waals surface area contributed by atoms with Gasteiger partial charge in [-0.3, -0.25) is 4.79 Å². The van der Waals surface area contributed by atoms with Gasteiger partial charge in [0.2, 0.25) is 5.91 Å². The molecule has 1 aromatic heterocycles. The van der Waals surface area contributed by atoms with E-state index in [0.717, 1.165) is 17.4 Å². The number of carbonyl (C=O) groups excluding carboxylic acids is 1. The van der Waals surface area contributed by atoms with Crippen LogP contribution in [0.3, 0.4) is 0 Å². The summed E-state index contributed by atoms with van der Waals surface area (Å²) in [5.41, 5.74) is 1.81. The zero-order valence-corrected chi connectivity index (χ0v) is 17.1. The Hall–Kier alpha value is -2.59. The molecule has 2 heterocycles. The number of benzene rings is 2. The van der Waals surface area contributed by atoms with E-state index in [1.807, 2.05) is 0 Å². The number of carbonyl (C=O) groups is 1. The molecule has 1 aliphatic rings. The van der Waals surface area contributed by atoms with Crippen LogP contribution < -0.4 is 4.90 Å². The first-order chi connectivity index (χ1) is 13.9. The van der Waals surface area contributed by atoms with Gasteiger partial charge in [-0.25, -0.2) is 12.8 Å². The molecule has 0 radical (unpaired) electrons. The maximum absolute atomic E-state index is 13.1. The van der Waals surface area contributed by atoms with E-state index in [1.165, 1.54) is 18.2 Å². The monoisotopic (exact) mass is 434 g/mol. The van der Waals surface area contributed by atoms with Gasteiger partial charge in [0.25, 0.3) is 0 Å². The van der Waals surface area contributed by atoms with Gasteiger partial charge < -0.3 is 9.80 Å². The predicted molar refractivity (Wildman–Crippen MR) is 109 cm³/mol. The third kappa shape index (κ3) is 4.23. The Bertz CT molecular complexity index is 1120. The molecule has 1 amide bonds.